The molecule has 0 aliphatic rings. The lowest BCUT2D eigenvalue weighted by Crippen LogP contribution is -2.27. The van der Waals surface area contributed by atoms with E-state index in [1.54, 1.807) is 12.1 Å². The fourth-order valence-corrected chi connectivity index (χ4v) is 2.32. The molecule has 1 aromatic rings. The first-order valence-electron chi connectivity index (χ1n) is 5.02. The maximum absolute atomic E-state index is 13.4. The Kier molecular flexibility index (Phi) is 6.54. The zero-order chi connectivity index (χ0) is 12.7. The van der Waals surface area contributed by atoms with Gasteiger partial charge in [0, 0.05) is 16.8 Å². The number of aliphatic hydroxyl groups is 1. The standard InChI is InChI=1S/C11H13BrFNO2S/c12-9-2-1-8(10(13)5-9)6-17-7-11(16)14-3-4-15/h1-2,5,15H,3-4,6-7H2,(H,14,16). The first-order chi connectivity index (χ1) is 8.13. The maximum Gasteiger partial charge on any atom is 0.230 e. The molecule has 0 spiro atoms. The Morgan fingerprint density at radius 3 is 2.94 bits per heavy atom. The van der Waals surface area contributed by atoms with Crippen LogP contribution in [0.3, 0.4) is 0 Å². The number of nitrogens with one attached hydrogen (secondary N) is 1. The second-order valence-corrected chi connectivity index (χ2v) is 5.20. The van der Waals surface area contributed by atoms with Gasteiger partial charge in [-0.15, -0.1) is 11.8 Å². The molecule has 2 N–H and O–H groups in total. The topological polar surface area (TPSA) is 49.3 Å². The molecule has 0 saturated carbocycles. The Labute approximate surface area is 112 Å². The summed E-state index contributed by atoms with van der Waals surface area (Å²) < 4.78 is 14.1. The molecule has 3 nitrogen and oxygen atoms in total. The molecular formula is C11H13BrFNO2S. The molecule has 17 heavy (non-hydrogen) atoms. The van der Waals surface area contributed by atoms with Gasteiger partial charge >= 0.3 is 0 Å². The lowest BCUT2D eigenvalue weighted by Gasteiger charge is -2.04. The van der Waals surface area contributed by atoms with Crippen molar-refractivity contribution in [3.63, 3.8) is 0 Å². The highest BCUT2D eigenvalue weighted by atomic mass is 79.9. The number of carbonyl (C=O) groups is 1. The number of thioether (sulfide) groups is 1. The molecule has 0 atom stereocenters. The van der Waals surface area contributed by atoms with E-state index in [1.807, 2.05) is 0 Å². The highest BCUT2D eigenvalue weighted by molar-refractivity contribution is 9.10. The van der Waals surface area contributed by atoms with E-state index >= 15 is 0 Å². The fourth-order valence-electron chi connectivity index (χ4n) is 1.14. The van der Waals surface area contributed by atoms with E-state index in [-0.39, 0.29) is 30.6 Å². The molecule has 94 valence electrons. The van der Waals surface area contributed by atoms with Gasteiger partial charge in [0.15, 0.2) is 0 Å². The first kappa shape index (κ1) is 14.5. The van der Waals surface area contributed by atoms with Gasteiger partial charge in [0.05, 0.1) is 12.4 Å². The van der Waals surface area contributed by atoms with Crippen LogP contribution in [-0.2, 0) is 10.5 Å². The number of hydrogen-bond acceptors (Lipinski definition) is 3. The van der Waals surface area contributed by atoms with E-state index < -0.39 is 0 Å². The molecule has 0 radical (unpaired) electrons. The molecule has 1 rings (SSSR count). The predicted octanol–water partition coefficient (Wildman–Crippen LogP) is 1.93. The summed E-state index contributed by atoms with van der Waals surface area (Å²) in [4.78, 5) is 11.2. The van der Waals surface area contributed by atoms with Crippen molar-refractivity contribution in [2.75, 3.05) is 18.9 Å². The third-order valence-electron chi connectivity index (χ3n) is 1.94. The number of aliphatic hydroxyl groups excluding tert-OH is 1. The molecular weight excluding hydrogens is 309 g/mol. The monoisotopic (exact) mass is 321 g/mol. The SMILES string of the molecule is O=C(CSCc1ccc(Br)cc1F)NCCO. The van der Waals surface area contributed by atoms with Crippen molar-refractivity contribution < 1.29 is 14.3 Å². The molecule has 1 amide bonds. The highest BCUT2D eigenvalue weighted by Gasteiger charge is 2.05. The van der Waals surface area contributed by atoms with Crippen LogP contribution in [0.2, 0.25) is 0 Å². The number of amides is 1. The zero-order valence-electron chi connectivity index (χ0n) is 9.08. The van der Waals surface area contributed by atoms with E-state index in [0.717, 1.165) is 0 Å². The van der Waals surface area contributed by atoms with E-state index in [0.29, 0.717) is 15.8 Å². The third kappa shape index (κ3) is 5.52. The highest BCUT2D eigenvalue weighted by Crippen LogP contribution is 2.19. The quantitative estimate of drug-likeness (QED) is 0.841. The number of benzene rings is 1. The molecule has 0 aliphatic carbocycles. The van der Waals surface area contributed by atoms with Gasteiger partial charge in [-0.05, 0) is 17.7 Å². The van der Waals surface area contributed by atoms with Gasteiger partial charge < -0.3 is 10.4 Å². The summed E-state index contributed by atoms with van der Waals surface area (Å²) >= 11 is 4.52. The van der Waals surface area contributed by atoms with Gasteiger partial charge in [-0.3, -0.25) is 4.79 Å². The van der Waals surface area contributed by atoms with Crippen molar-refractivity contribution in [3.8, 4) is 0 Å². The van der Waals surface area contributed by atoms with Crippen molar-refractivity contribution in [1.82, 2.24) is 5.32 Å². The Bertz CT molecular complexity index is 390. The summed E-state index contributed by atoms with van der Waals surface area (Å²) in [5.41, 5.74) is 0.577. The Morgan fingerprint density at radius 1 is 1.53 bits per heavy atom. The summed E-state index contributed by atoms with van der Waals surface area (Å²) in [5.74, 6) is 0.283. The maximum atomic E-state index is 13.4. The molecule has 6 heteroatoms. The van der Waals surface area contributed by atoms with E-state index in [2.05, 4.69) is 21.2 Å². The van der Waals surface area contributed by atoms with Crippen LogP contribution in [0.25, 0.3) is 0 Å². The van der Waals surface area contributed by atoms with Gasteiger partial charge in [-0.1, -0.05) is 22.0 Å². The van der Waals surface area contributed by atoms with Gasteiger partial charge in [0.1, 0.15) is 5.82 Å². The van der Waals surface area contributed by atoms with Crippen LogP contribution < -0.4 is 5.32 Å². The average Bonchev–Trinajstić information content (AvgIpc) is 2.29. The van der Waals surface area contributed by atoms with Crippen LogP contribution in [0.15, 0.2) is 22.7 Å². The van der Waals surface area contributed by atoms with Crippen LogP contribution >= 0.6 is 27.7 Å². The van der Waals surface area contributed by atoms with Crippen LogP contribution in [-0.4, -0.2) is 29.9 Å². The Balaban J connectivity index is 2.33. The van der Waals surface area contributed by atoms with Gasteiger partial charge in [-0.2, -0.15) is 0 Å². The third-order valence-corrected chi connectivity index (χ3v) is 3.41. The zero-order valence-corrected chi connectivity index (χ0v) is 11.5. The number of rotatable bonds is 6. The second kappa shape index (κ2) is 7.68. The van der Waals surface area contributed by atoms with Crippen molar-refractivity contribution in [2.45, 2.75) is 5.75 Å². The lowest BCUT2D eigenvalue weighted by atomic mass is 10.2. The molecule has 0 bridgehead atoms. The van der Waals surface area contributed by atoms with Gasteiger partial charge in [0.25, 0.3) is 0 Å². The Morgan fingerprint density at radius 2 is 2.29 bits per heavy atom. The predicted molar refractivity (Wildman–Crippen MR) is 70.4 cm³/mol. The normalized spacial score (nSPS) is 10.3. The second-order valence-electron chi connectivity index (χ2n) is 3.30. The number of carbonyl (C=O) groups excluding carboxylic acids is 1. The molecule has 0 unspecified atom stereocenters. The smallest absolute Gasteiger partial charge is 0.230 e. The average molecular weight is 322 g/mol. The van der Waals surface area contributed by atoms with Gasteiger partial charge in [-0.25, -0.2) is 4.39 Å². The summed E-state index contributed by atoms with van der Waals surface area (Å²) in [6.45, 7) is 0.184. The van der Waals surface area contributed by atoms with E-state index in [9.17, 15) is 9.18 Å². The molecule has 0 aliphatic heterocycles. The minimum absolute atomic E-state index is 0.0717. The molecule has 0 heterocycles. The Hall–Kier alpha value is -0.590. The van der Waals surface area contributed by atoms with E-state index in [4.69, 9.17) is 5.11 Å². The largest absolute Gasteiger partial charge is 0.395 e. The molecule has 0 saturated heterocycles. The first-order valence-corrected chi connectivity index (χ1v) is 6.97. The summed E-state index contributed by atoms with van der Waals surface area (Å²) in [5, 5.41) is 11.0. The van der Waals surface area contributed by atoms with E-state index in [1.165, 1.54) is 17.8 Å². The van der Waals surface area contributed by atoms with Crippen molar-refractivity contribution in [2.24, 2.45) is 0 Å². The fraction of sp³-hybridized carbons (Fsp3) is 0.364. The number of hydrogen-bond donors (Lipinski definition) is 2. The van der Waals surface area contributed by atoms with Crippen LogP contribution in [0, 0.1) is 5.82 Å². The van der Waals surface area contributed by atoms with Crippen molar-refractivity contribution in [3.05, 3.63) is 34.1 Å². The van der Waals surface area contributed by atoms with Crippen molar-refractivity contribution in [1.29, 1.82) is 0 Å². The van der Waals surface area contributed by atoms with Crippen LogP contribution in [0.4, 0.5) is 4.39 Å². The molecule has 0 aromatic heterocycles. The molecule has 1 aromatic carbocycles. The minimum atomic E-state index is -0.275. The minimum Gasteiger partial charge on any atom is -0.395 e. The molecule has 0 fully saturated rings. The van der Waals surface area contributed by atoms with Gasteiger partial charge in [0.2, 0.25) is 5.91 Å². The lowest BCUT2D eigenvalue weighted by molar-refractivity contribution is -0.118. The summed E-state index contributed by atoms with van der Waals surface area (Å²) in [7, 11) is 0. The summed E-state index contributed by atoms with van der Waals surface area (Å²) in [6.07, 6.45) is 0. The number of halogens is 2. The van der Waals surface area contributed by atoms with Crippen LogP contribution in [0.5, 0.6) is 0 Å². The van der Waals surface area contributed by atoms with Crippen molar-refractivity contribution >= 4 is 33.6 Å². The summed E-state index contributed by atoms with van der Waals surface area (Å²) in [6, 6.07) is 4.87. The van der Waals surface area contributed by atoms with Crippen LogP contribution in [0.1, 0.15) is 5.56 Å².